The molecule has 7 N–H and O–H groups in total. The third-order valence-corrected chi connectivity index (χ3v) is 4.79. The number of para-hydroxylation sites is 1. The molecule has 0 amide bonds. The maximum Gasteiger partial charge on any atom is 0.244 e. The van der Waals surface area contributed by atoms with E-state index in [1.807, 2.05) is 12.1 Å². The number of phenols is 1. The van der Waals surface area contributed by atoms with Crippen LogP contribution in [0.5, 0.6) is 5.75 Å². The lowest BCUT2D eigenvalue weighted by molar-refractivity contribution is 0.458. The average molecular weight is 334 g/mol. The summed E-state index contributed by atoms with van der Waals surface area (Å²) in [5.74, 6) is -0.680. The Morgan fingerprint density at radius 2 is 1.91 bits per heavy atom. The molecule has 0 unspecified atom stereocenters. The highest BCUT2D eigenvalue weighted by Gasteiger charge is 2.19. The number of anilines is 1. The number of hydrogen-bond acceptors (Lipinski definition) is 5. The highest BCUT2D eigenvalue weighted by molar-refractivity contribution is 7.89. The number of sulfonamides is 1. The molecule has 0 aliphatic heterocycles. The smallest absolute Gasteiger partial charge is 0.244 e. The van der Waals surface area contributed by atoms with Crippen LogP contribution in [0.25, 0.3) is 0 Å². The van der Waals surface area contributed by atoms with Crippen LogP contribution in [0.15, 0.2) is 47.4 Å². The number of nitrogen functional groups attached to an aromatic ring is 2. The Bertz CT molecular complexity index is 834. The first kappa shape index (κ1) is 16.8. The van der Waals surface area contributed by atoms with Crippen molar-refractivity contribution in [1.82, 2.24) is 4.72 Å². The summed E-state index contributed by atoms with van der Waals surface area (Å²) >= 11 is 0. The zero-order chi connectivity index (χ0) is 17.0. The van der Waals surface area contributed by atoms with Gasteiger partial charge in [0, 0.05) is 17.8 Å². The molecule has 0 saturated heterocycles. The van der Waals surface area contributed by atoms with Crippen molar-refractivity contribution in [3.8, 4) is 5.75 Å². The van der Waals surface area contributed by atoms with E-state index in [1.165, 1.54) is 12.1 Å². The van der Waals surface area contributed by atoms with Crippen molar-refractivity contribution in [2.75, 3.05) is 12.3 Å². The Hall–Kier alpha value is -2.58. The molecule has 0 heterocycles. The lowest BCUT2D eigenvalue weighted by Gasteiger charge is -2.10. The molecule has 0 fully saturated rings. The van der Waals surface area contributed by atoms with Gasteiger partial charge in [0.05, 0.1) is 0 Å². The van der Waals surface area contributed by atoms with Crippen LogP contribution in [0.2, 0.25) is 0 Å². The molecule has 0 bridgehead atoms. The Balaban J connectivity index is 2.15. The van der Waals surface area contributed by atoms with Gasteiger partial charge in [-0.25, -0.2) is 13.1 Å². The van der Waals surface area contributed by atoms with Gasteiger partial charge in [-0.15, -0.1) is 0 Å². The summed E-state index contributed by atoms with van der Waals surface area (Å²) in [6.45, 7) is 0.125. The summed E-state index contributed by atoms with van der Waals surface area (Å²) in [5.41, 5.74) is 12.8. The Morgan fingerprint density at radius 1 is 1.22 bits per heavy atom. The second-order valence-corrected chi connectivity index (χ2v) is 6.68. The van der Waals surface area contributed by atoms with E-state index >= 15 is 0 Å². The van der Waals surface area contributed by atoms with Gasteiger partial charge in [-0.3, -0.25) is 5.41 Å². The van der Waals surface area contributed by atoms with Gasteiger partial charge in [-0.05, 0) is 36.2 Å². The minimum Gasteiger partial charge on any atom is -0.507 e. The summed E-state index contributed by atoms with van der Waals surface area (Å²) < 4.78 is 27.0. The highest BCUT2D eigenvalue weighted by Crippen LogP contribution is 2.23. The zero-order valence-corrected chi connectivity index (χ0v) is 13.1. The molecule has 23 heavy (non-hydrogen) atoms. The van der Waals surface area contributed by atoms with Crippen LogP contribution < -0.4 is 16.2 Å². The van der Waals surface area contributed by atoms with Crippen molar-refractivity contribution in [1.29, 1.82) is 5.41 Å². The fraction of sp³-hybridized carbons (Fsp3) is 0.133. The van der Waals surface area contributed by atoms with Crippen LogP contribution in [0.4, 0.5) is 5.69 Å². The molecule has 0 saturated carbocycles. The highest BCUT2D eigenvalue weighted by atomic mass is 32.2. The molecule has 0 aliphatic carbocycles. The van der Waals surface area contributed by atoms with Crippen LogP contribution in [0, 0.1) is 5.41 Å². The maximum atomic E-state index is 12.3. The van der Waals surface area contributed by atoms with E-state index < -0.39 is 15.8 Å². The van der Waals surface area contributed by atoms with Crippen LogP contribution >= 0.6 is 0 Å². The van der Waals surface area contributed by atoms with Gasteiger partial charge >= 0.3 is 0 Å². The lowest BCUT2D eigenvalue weighted by atomic mass is 10.1. The second kappa shape index (κ2) is 6.67. The van der Waals surface area contributed by atoms with Crippen LogP contribution in [-0.4, -0.2) is 25.9 Å². The zero-order valence-electron chi connectivity index (χ0n) is 12.3. The fourth-order valence-corrected chi connectivity index (χ4v) is 3.21. The third kappa shape index (κ3) is 3.99. The van der Waals surface area contributed by atoms with Gasteiger partial charge in [-0.1, -0.05) is 18.2 Å². The van der Waals surface area contributed by atoms with Gasteiger partial charge in [0.25, 0.3) is 0 Å². The molecular weight excluding hydrogens is 316 g/mol. The number of benzene rings is 2. The number of nitrogens with two attached hydrogens (primary N) is 2. The Kier molecular flexibility index (Phi) is 4.87. The van der Waals surface area contributed by atoms with E-state index in [2.05, 4.69) is 4.72 Å². The molecule has 2 aromatic carbocycles. The minimum absolute atomic E-state index is 0.125. The number of hydrogen-bond donors (Lipinski definition) is 5. The van der Waals surface area contributed by atoms with Crippen molar-refractivity contribution >= 4 is 21.5 Å². The van der Waals surface area contributed by atoms with E-state index in [0.717, 1.165) is 11.6 Å². The summed E-state index contributed by atoms with van der Waals surface area (Å²) in [5, 5.41) is 17.1. The molecule has 0 aliphatic rings. The summed E-state index contributed by atoms with van der Waals surface area (Å²) in [6, 6.07) is 10.9. The second-order valence-electron chi connectivity index (χ2n) is 4.94. The largest absolute Gasteiger partial charge is 0.507 e. The van der Waals surface area contributed by atoms with E-state index in [4.69, 9.17) is 16.9 Å². The average Bonchev–Trinajstić information content (AvgIpc) is 2.49. The van der Waals surface area contributed by atoms with Crippen molar-refractivity contribution < 1.29 is 13.5 Å². The summed E-state index contributed by atoms with van der Waals surface area (Å²) in [7, 11) is -3.92. The van der Waals surface area contributed by atoms with Gasteiger partial charge in [0.1, 0.15) is 16.5 Å². The minimum atomic E-state index is -3.92. The summed E-state index contributed by atoms with van der Waals surface area (Å²) in [6.07, 6.45) is 0.416. The first-order chi connectivity index (χ1) is 10.8. The third-order valence-electron chi connectivity index (χ3n) is 3.30. The lowest BCUT2D eigenvalue weighted by Crippen LogP contribution is -2.26. The van der Waals surface area contributed by atoms with Gasteiger partial charge in [-0.2, -0.15) is 0 Å². The first-order valence-corrected chi connectivity index (χ1v) is 8.30. The number of phenolic OH excluding ortho intramolecular Hbond substituents is 1. The molecular formula is C15H18N4O3S. The molecule has 8 heteroatoms. The predicted molar refractivity (Wildman–Crippen MR) is 88.9 cm³/mol. The normalized spacial score (nSPS) is 11.3. The van der Waals surface area contributed by atoms with Crippen molar-refractivity contribution in [2.24, 2.45) is 5.73 Å². The fourth-order valence-electron chi connectivity index (χ4n) is 2.06. The molecule has 2 aromatic rings. The summed E-state index contributed by atoms with van der Waals surface area (Å²) in [4.78, 5) is -0.314. The van der Waals surface area contributed by atoms with Crippen molar-refractivity contribution in [2.45, 2.75) is 11.3 Å². The SMILES string of the molecule is N=C(N)c1ccc(O)c(S(=O)(=O)NCCc2ccccc2N)c1. The van der Waals surface area contributed by atoms with E-state index in [-0.39, 0.29) is 22.8 Å². The molecule has 2 rings (SSSR count). The monoisotopic (exact) mass is 334 g/mol. The molecule has 122 valence electrons. The van der Waals surface area contributed by atoms with Gasteiger partial charge < -0.3 is 16.6 Å². The number of nitrogens with one attached hydrogen (secondary N) is 2. The standard InChI is InChI=1S/C15H18N4O3S/c16-12-4-2-1-3-10(12)7-8-19-23(21,22)14-9-11(15(17)18)5-6-13(14)20/h1-6,9,19-20H,7-8,16H2,(H3,17,18). The van der Waals surface area contributed by atoms with E-state index in [1.54, 1.807) is 12.1 Å². The molecule has 0 aromatic heterocycles. The van der Waals surface area contributed by atoms with E-state index in [9.17, 15) is 13.5 Å². The number of rotatable bonds is 6. The topological polar surface area (TPSA) is 142 Å². The number of amidine groups is 1. The predicted octanol–water partition coefficient (Wildman–Crippen LogP) is 0.779. The Morgan fingerprint density at radius 3 is 2.57 bits per heavy atom. The molecule has 0 spiro atoms. The van der Waals surface area contributed by atoms with Crippen LogP contribution in [-0.2, 0) is 16.4 Å². The van der Waals surface area contributed by atoms with Gasteiger partial charge in [0.15, 0.2) is 0 Å². The molecule has 0 atom stereocenters. The quantitative estimate of drug-likeness (QED) is 0.301. The van der Waals surface area contributed by atoms with Crippen LogP contribution in [0.1, 0.15) is 11.1 Å². The van der Waals surface area contributed by atoms with E-state index in [0.29, 0.717) is 12.1 Å². The maximum absolute atomic E-state index is 12.3. The molecule has 0 radical (unpaired) electrons. The first-order valence-electron chi connectivity index (χ1n) is 6.82. The van der Waals surface area contributed by atoms with Crippen LogP contribution in [0.3, 0.4) is 0 Å². The molecule has 7 nitrogen and oxygen atoms in total. The van der Waals surface area contributed by atoms with Crippen molar-refractivity contribution in [3.63, 3.8) is 0 Å². The van der Waals surface area contributed by atoms with Gasteiger partial charge in [0.2, 0.25) is 10.0 Å². The number of aromatic hydroxyl groups is 1. The van der Waals surface area contributed by atoms with Crippen molar-refractivity contribution in [3.05, 3.63) is 53.6 Å². The Labute approximate surface area is 134 Å².